The Morgan fingerprint density at radius 1 is 1.73 bits per heavy atom. The molecule has 5 nitrogen and oxygen atoms in total. The van der Waals surface area contributed by atoms with Gasteiger partial charge in [0.25, 0.3) is 0 Å². The fourth-order valence-corrected chi connectivity index (χ4v) is 1.41. The molecule has 0 radical (unpaired) electrons. The molecule has 0 bridgehead atoms. The first kappa shape index (κ1) is 10.7. The van der Waals surface area contributed by atoms with Crippen molar-refractivity contribution in [3.8, 4) is 0 Å². The highest BCUT2D eigenvalue weighted by molar-refractivity contribution is 8.13. The van der Waals surface area contributed by atoms with E-state index < -0.39 is 26.8 Å². The van der Waals surface area contributed by atoms with Gasteiger partial charge in [-0.25, -0.2) is 8.42 Å². The van der Waals surface area contributed by atoms with Gasteiger partial charge in [-0.05, 0) is 0 Å². The summed E-state index contributed by atoms with van der Waals surface area (Å²) in [5, 5.41) is 0. The van der Waals surface area contributed by atoms with Gasteiger partial charge in [-0.15, -0.1) is 0 Å². The Hall–Kier alpha value is -0.330. The van der Waals surface area contributed by atoms with Crippen molar-refractivity contribution in [2.45, 2.75) is 6.04 Å². The van der Waals surface area contributed by atoms with E-state index in [1.54, 1.807) is 0 Å². The quantitative estimate of drug-likeness (QED) is 0.470. The zero-order valence-electron chi connectivity index (χ0n) is 5.78. The summed E-state index contributed by atoms with van der Waals surface area (Å²) in [4.78, 5) is 10.5. The van der Waals surface area contributed by atoms with E-state index in [1.165, 1.54) is 0 Å². The molecule has 0 amide bonds. The van der Waals surface area contributed by atoms with Crippen LogP contribution >= 0.6 is 10.7 Å². The van der Waals surface area contributed by atoms with Gasteiger partial charge in [-0.2, -0.15) is 0 Å². The molecule has 0 aromatic rings. The summed E-state index contributed by atoms with van der Waals surface area (Å²) >= 11 is 0. The minimum atomic E-state index is -3.73. The molecule has 11 heavy (non-hydrogen) atoms. The third-order valence-electron chi connectivity index (χ3n) is 0.883. The van der Waals surface area contributed by atoms with Crippen molar-refractivity contribution in [1.82, 2.24) is 0 Å². The Morgan fingerprint density at radius 2 is 2.18 bits per heavy atom. The van der Waals surface area contributed by atoms with Gasteiger partial charge in [-0.3, -0.25) is 4.79 Å². The lowest BCUT2D eigenvalue weighted by molar-refractivity contribution is -0.141. The third kappa shape index (κ3) is 5.00. The maximum Gasteiger partial charge on any atom is 0.323 e. The number of hydrogen-bond donors (Lipinski definition) is 1. The molecule has 0 heterocycles. The van der Waals surface area contributed by atoms with E-state index in [4.69, 9.17) is 16.4 Å². The molecule has 0 saturated heterocycles. The molecule has 7 heteroatoms. The van der Waals surface area contributed by atoms with Crippen molar-refractivity contribution in [3.05, 3.63) is 0 Å². The molecule has 1 unspecified atom stereocenters. The van der Waals surface area contributed by atoms with Crippen LogP contribution in [-0.2, 0) is 18.6 Å². The molecule has 0 aliphatic carbocycles. The smallest absolute Gasteiger partial charge is 0.323 e. The molecule has 2 N–H and O–H groups in total. The first-order valence-corrected chi connectivity index (χ1v) is 5.10. The molecule has 0 spiro atoms. The van der Waals surface area contributed by atoms with E-state index in [-0.39, 0.29) is 0 Å². The summed E-state index contributed by atoms with van der Waals surface area (Å²) in [6.45, 7) is 0. The van der Waals surface area contributed by atoms with Crippen LogP contribution in [-0.4, -0.2) is 33.3 Å². The summed E-state index contributed by atoms with van der Waals surface area (Å²) in [7, 11) is 2.20. The minimum Gasteiger partial charge on any atom is -0.468 e. The number of carbonyl (C=O) groups is 1. The second-order valence-corrected chi connectivity index (χ2v) is 4.66. The van der Waals surface area contributed by atoms with Crippen molar-refractivity contribution in [1.29, 1.82) is 0 Å². The van der Waals surface area contributed by atoms with Gasteiger partial charge in [0.1, 0.15) is 6.04 Å². The predicted octanol–water partition coefficient (Wildman–Crippen LogP) is -0.945. The van der Waals surface area contributed by atoms with E-state index in [1.807, 2.05) is 0 Å². The summed E-state index contributed by atoms with van der Waals surface area (Å²) in [6.07, 6.45) is 0. The first-order chi connectivity index (χ1) is 4.87. The number of methoxy groups -OCH3 is 1. The van der Waals surface area contributed by atoms with Crippen molar-refractivity contribution in [3.63, 3.8) is 0 Å². The number of hydrogen-bond acceptors (Lipinski definition) is 5. The van der Waals surface area contributed by atoms with E-state index in [2.05, 4.69) is 4.74 Å². The van der Waals surface area contributed by atoms with E-state index in [0.29, 0.717) is 0 Å². The summed E-state index contributed by atoms with van der Waals surface area (Å²) < 4.78 is 24.9. The van der Waals surface area contributed by atoms with E-state index in [0.717, 1.165) is 7.11 Å². The van der Waals surface area contributed by atoms with E-state index in [9.17, 15) is 13.2 Å². The molecule has 66 valence electrons. The van der Waals surface area contributed by atoms with Gasteiger partial charge in [0.2, 0.25) is 9.05 Å². The molecule has 0 rings (SSSR count). The summed E-state index contributed by atoms with van der Waals surface area (Å²) in [5.74, 6) is -1.41. The minimum absolute atomic E-state index is 0.610. The Balaban J connectivity index is 4.09. The summed E-state index contributed by atoms with van der Waals surface area (Å²) in [6, 6.07) is -1.21. The number of rotatable bonds is 3. The van der Waals surface area contributed by atoms with Crippen LogP contribution in [0.2, 0.25) is 0 Å². The topological polar surface area (TPSA) is 86.5 Å². The molecule has 1 atom stereocenters. The van der Waals surface area contributed by atoms with Crippen LogP contribution in [0.1, 0.15) is 0 Å². The van der Waals surface area contributed by atoms with Crippen LogP contribution in [0.25, 0.3) is 0 Å². The normalized spacial score (nSPS) is 14.1. The first-order valence-electron chi connectivity index (χ1n) is 2.62. The Morgan fingerprint density at radius 3 is 2.45 bits per heavy atom. The van der Waals surface area contributed by atoms with Crippen LogP contribution in [0.4, 0.5) is 0 Å². The van der Waals surface area contributed by atoms with Crippen molar-refractivity contribution in [2.24, 2.45) is 5.73 Å². The molecule has 0 aromatic carbocycles. The molecule has 0 aliphatic heterocycles. The Bertz CT molecular complexity index is 236. The Kier molecular flexibility index (Phi) is 3.77. The van der Waals surface area contributed by atoms with Gasteiger partial charge in [0.15, 0.2) is 0 Å². The fraction of sp³-hybridized carbons (Fsp3) is 0.750. The monoisotopic (exact) mass is 201 g/mol. The average Bonchev–Trinajstić information content (AvgIpc) is 1.82. The largest absolute Gasteiger partial charge is 0.468 e. The summed E-state index contributed by atoms with van der Waals surface area (Å²) in [5.41, 5.74) is 5.08. The van der Waals surface area contributed by atoms with Crippen LogP contribution in [0, 0.1) is 0 Å². The zero-order chi connectivity index (χ0) is 9.07. The third-order valence-corrected chi connectivity index (χ3v) is 2.02. The highest BCUT2D eigenvalue weighted by atomic mass is 35.7. The van der Waals surface area contributed by atoms with Gasteiger partial charge >= 0.3 is 5.97 Å². The number of esters is 1. The van der Waals surface area contributed by atoms with Crippen molar-refractivity contribution >= 4 is 25.7 Å². The highest BCUT2D eigenvalue weighted by Crippen LogP contribution is 1.98. The standard InChI is InChI=1S/C4H8ClNO4S/c1-10-4(7)3(6)2-11(5,8)9/h3H,2,6H2,1H3. The van der Waals surface area contributed by atoms with Crippen LogP contribution in [0.15, 0.2) is 0 Å². The lowest BCUT2D eigenvalue weighted by Crippen LogP contribution is -2.37. The van der Waals surface area contributed by atoms with Crippen molar-refractivity contribution < 1.29 is 17.9 Å². The highest BCUT2D eigenvalue weighted by Gasteiger charge is 2.20. The zero-order valence-corrected chi connectivity index (χ0v) is 7.35. The molecular formula is C4H8ClNO4S. The maximum absolute atomic E-state index is 10.5. The van der Waals surface area contributed by atoms with Gasteiger partial charge in [0.05, 0.1) is 12.9 Å². The lowest BCUT2D eigenvalue weighted by Gasteiger charge is -2.05. The number of halogens is 1. The molecular weight excluding hydrogens is 194 g/mol. The number of nitrogens with two attached hydrogens (primary N) is 1. The molecule has 0 aromatic heterocycles. The molecule has 0 aliphatic rings. The SMILES string of the molecule is COC(=O)C(N)CS(=O)(=O)Cl. The Labute approximate surface area is 68.9 Å². The maximum atomic E-state index is 10.5. The van der Waals surface area contributed by atoms with Crippen molar-refractivity contribution in [2.75, 3.05) is 12.9 Å². The lowest BCUT2D eigenvalue weighted by atomic mass is 10.4. The van der Waals surface area contributed by atoms with Gasteiger partial charge < -0.3 is 10.5 Å². The van der Waals surface area contributed by atoms with E-state index >= 15 is 0 Å². The van der Waals surface area contributed by atoms with Gasteiger partial charge in [0, 0.05) is 10.7 Å². The van der Waals surface area contributed by atoms with Crippen LogP contribution in [0.3, 0.4) is 0 Å². The van der Waals surface area contributed by atoms with Crippen LogP contribution in [0.5, 0.6) is 0 Å². The molecule has 0 saturated carbocycles. The number of ether oxygens (including phenoxy) is 1. The predicted molar refractivity (Wildman–Crippen MR) is 39.6 cm³/mol. The van der Waals surface area contributed by atoms with Crippen LogP contribution < -0.4 is 5.73 Å². The second-order valence-electron chi connectivity index (χ2n) is 1.84. The molecule has 0 fully saturated rings. The number of carbonyl (C=O) groups excluding carboxylic acids is 1. The second kappa shape index (κ2) is 3.89. The fourth-order valence-electron chi connectivity index (χ4n) is 0.434. The van der Waals surface area contributed by atoms with Gasteiger partial charge in [-0.1, -0.05) is 0 Å². The average molecular weight is 202 g/mol.